The molecule has 0 saturated heterocycles. The fourth-order valence-electron chi connectivity index (χ4n) is 6.94. The molecule has 8 heterocycles. The highest BCUT2D eigenvalue weighted by Gasteiger charge is 2.28. The summed E-state index contributed by atoms with van der Waals surface area (Å²) in [6.07, 6.45) is 29.1. The third kappa shape index (κ3) is 5.62. The number of allylic oxidation sites excluding steroid dienone is 11. The summed E-state index contributed by atoms with van der Waals surface area (Å²) in [5.74, 6) is 1.45. The van der Waals surface area contributed by atoms with Gasteiger partial charge in [-0.05, 0) is 89.9 Å². The van der Waals surface area contributed by atoms with Crippen LogP contribution < -0.4 is 9.13 Å². The average molecular weight is 677 g/mol. The SMILES string of the molecule is Cc1ccc(C2=C3C=CC(=N3)C(=C3C=CN(C)C=C3)C3=NC(=C(c4cc[n+](C)cc4)C4=NC(=C(c5cc[n+](C)cc5)c5ccc2o5)C=C4)C=C3)cc1. The number of hydrogen-bond donors (Lipinski definition) is 0. The molecule has 0 spiro atoms. The molecule has 7 heteroatoms. The van der Waals surface area contributed by atoms with Crippen LogP contribution in [0.4, 0.5) is 0 Å². The van der Waals surface area contributed by atoms with Gasteiger partial charge in [-0.15, -0.1) is 0 Å². The zero-order chi connectivity index (χ0) is 35.3. The fraction of sp³-hybridized carbons (Fsp3) is 0.0889. The summed E-state index contributed by atoms with van der Waals surface area (Å²) < 4.78 is 11.0. The van der Waals surface area contributed by atoms with E-state index in [1.165, 1.54) is 5.56 Å². The normalized spacial score (nSPS) is 17.6. The van der Waals surface area contributed by atoms with E-state index in [2.05, 4.69) is 141 Å². The van der Waals surface area contributed by atoms with E-state index >= 15 is 0 Å². The summed E-state index contributed by atoms with van der Waals surface area (Å²) in [6.45, 7) is 2.10. The van der Waals surface area contributed by atoms with Crippen LogP contribution in [0.25, 0.3) is 16.7 Å². The molecule has 1 aromatic carbocycles. The number of rotatable bonds is 3. The van der Waals surface area contributed by atoms with Crippen LogP contribution in [0.2, 0.25) is 0 Å². The van der Waals surface area contributed by atoms with Gasteiger partial charge in [0.2, 0.25) is 0 Å². The van der Waals surface area contributed by atoms with E-state index in [4.69, 9.17) is 19.4 Å². The van der Waals surface area contributed by atoms with Crippen molar-refractivity contribution in [3.8, 4) is 0 Å². The van der Waals surface area contributed by atoms with Gasteiger partial charge >= 0.3 is 0 Å². The van der Waals surface area contributed by atoms with Gasteiger partial charge in [-0.3, -0.25) is 0 Å². The first-order chi connectivity index (χ1) is 25.4. The molecule has 0 unspecified atom stereocenters. The Balaban J connectivity index is 1.36. The third-order valence-corrected chi connectivity index (χ3v) is 9.70. The van der Waals surface area contributed by atoms with Crippen LogP contribution in [-0.4, -0.2) is 29.1 Å². The van der Waals surface area contributed by atoms with Gasteiger partial charge in [0.15, 0.2) is 24.8 Å². The van der Waals surface area contributed by atoms with Crippen molar-refractivity contribution in [2.45, 2.75) is 6.92 Å². The molecule has 0 atom stereocenters. The van der Waals surface area contributed by atoms with Crippen molar-refractivity contribution >= 4 is 33.9 Å². The number of benzene rings is 1. The molecule has 5 aliphatic rings. The van der Waals surface area contributed by atoms with Crippen molar-refractivity contribution in [1.82, 2.24) is 4.90 Å². The Hall–Kier alpha value is -6.73. The maximum absolute atomic E-state index is 6.89. The molecule has 0 fully saturated rings. The maximum Gasteiger partial charge on any atom is 0.169 e. The Kier molecular flexibility index (Phi) is 7.55. The van der Waals surface area contributed by atoms with E-state index in [9.17, 15) is 0 Å². The summed E-state index contributed by atoms with van der Waals surface area (Å²) in [4.78, 5) is 18.1. The molecule has 3 aromatic heterocycles. The van der Waals surface area contributed by atoms with Gasteiger partial charge in [0.1, 0.15) is 25.6 Å². The molecule has 250 valence electrons. The van der Waals surface area contributed by atoms with Crippen molar-refractivity contribution in [2.75, 3.05) is 7.05 Å². The first kappa shape index (κ1) is 31.3. The van der Waals surface area contributed by atoms with Crippen LogP contribution in [0.5, 0.6) is 0 Å². The van der Waals surface area contributed by atoms with Gasteiger partial charge in [-0.2, -0.15) is 0 Å². The number of hydrogen-bond acceptors (Lipinski definition) is 5. The number of nitrogens with zero attached hydrogens (tertiary/aromatic N) is 6. The number of aryl methyl sites for hydroxylation is 3. The molecule has 5 aliphatic heterocycles. The Morgan fingerprint density at radius 3 is 1.40 bits per heavy atom. The second-order valence-corrected chi connectivity index (χ2v) is 13.4. The molecule has 9 rings (SSSR count). The lowest BCUT2D eigenvalue weighted by Crippen LogP contribution is -2.26. The molecule has 0 aliphatic carbocycles. The highest BCUT2D eigenvalue weighted by atomic mass is 16.3. The summed E-state index contributed by atoms with van der Waals surface area (Å²) in [6, 6.07) is 21.1. The van der Waals surface area contributed by atoms with Crippen molar-refractivity contribution in [3.05, 3.63) is 208 Å². The van der Waals surface area contributed by atoms with Crippen molar-refractivity contribution in [1.29, 1.82) is 0 Å². The van der Waals surface area contributed by atoms with Crippen molar-refractivity contribution < 1.29 is 13.6 Å². The summed E-state index contributed by atoms with van der Waals surface area (Å²) in [7, 11) is 6.06. The molecule has 0 amide bonds. The second-order valence-electron chi connectivity index (χ2n) is 13.4. The summed E-state index contributed by atoms with van der Waals surface area (Å²) in [5, 5.41) is 0. The van der Waals surface area contributed by atoms with Gasteiger partial charge in [-0.25, -0.2) is 24.1 Å². The molecular weight excluding hydrogens is 641 g/mol. The van der Waals surface area contributed by atoms with Gasteiger partial charge < -0.3 is 9.32 Å². The third-order valence-electron chi connectivity index (χ3n) is 9.70. The molecule has 0 radical (unpaired) electrons. The average Bonchev–Trinajstić information content (AvgIpc) is 3.99. The van der Waals surface area contributed by atoms with Crippen LogP contribution in [-0.2, 0) is 14.1 Å². The Labute approximate surface area is 303 Å². The lowest BCUT2D eigenvalue weighted by Gasteiger charge is -2.16. The fourth-order valence-corrected chi connectivity index (χ4v) is 6.94. The van der Waals surface area contributed by atoms with Crippen LogP contribution in [0.15, 0.2) is 194 Å². The maximum atomic E-state index is 6.89. The predicted octanol–water partition coefficient (Wildman–Crippen LogP) is 7.48. The second kappa shape index (κ2) is 12.5. The number of fused-ring (bicyclic) bond motifs is 5. The minimum absolute atomic E-state index is 0.725. The minimum atomic E-state index is 0.725. The molecule has 0 N–H and O–H groups in total. The summed E-state index contributed by atoms with van der Waals surface area (Å²) in [5.41, 5.74) is 14.0. The quantitative estimate of drug-likeness (QED) is 0.211. The molecule has 8 bridgehead atoms. The standard InChI is InChI=1S/C45H36N6O/c1-29-5-7-30(8-6-29)44-38-13-11-36(47-38)42(31-17-23-49(2)24-18-31)34-9-10-35(46-34)43(32-19-25-50(3)26-20-32)37-12-14-39(48-37)45(41-16-15-40(44)52-41)33-21-27-51(4)28-22-33/h5-28H,1-4H3/q+2. The zero-order valence-corrected chi connectivity index (χ0v) is 29.4. The smallest absolute Gasteiger partial charge is 0.169 e. The topological polar surface area (TPSA) is 61.2 Å². The van der Waals surface area contributed by atoms with Crippen LogP contribution >= 0.6 is 0 Å². The highest BCUT2D eigenvalue weighted by Crippen LogP contribution is 2.39. The van der Waals surface area contributed by atoms with Crippen LogP contribution in [0.1, 0.15) is 33.8 Å². The van der Waals surface area contributed by atoms with Crippen LogP contribution in [0, 0.1) is 6.92 Å². The number of aromatic nitrogens is 2. The first-order valence-corrected chi connectivity index (χ1v) is 17.3. The van der Waals surface area contributed by atoms with E-state index in [1.54, 1.807) is 0 Å². The number of pyridine rings is 2. The predicted molar refractivity (Wildman–Crippen MR) is 207 cm³/mol. The monoisotopic (exact) mass is 676 g/mol. The minimum Gasteiger partial charge on any atom is -0.456 e. The van der Waals surface area contributed by atoms with Gasteiger partial charge in [0.25, 0.3) is 0 Å². The highest BCUT2D eigenvalue weighted by molar-refractivity contribution is 6.36. The molecular formula is C45H36N6O+2. The Morgan fingerprint density at radius 2 is 0.904 bits per heavy atom. The van der Waals surface area contributed by atoms with E-state index < -0.39 is 0 Å². The van der Waals surface area contributed by atoms with E-state index in [1.807, 2.05) is 47.6 Å². The number of furan rings is 1. The van der Waals surface area contributed by atoms with E-state index in [0.29, 0.717) is 0 Å². The molecule has 4 aromatic rings. The largest absolute Gasteiger partial charge is 0.456 e. The van der Waals surface area contributed by atoms with Gasteiger partial charge in [-0.1, -0.05) is 29.8 Å². The Morgan fingerprint density at radius 1 is 0.481 bits per heavy atom. The molecule has 52 heavy (non-hydrogen) atoms. The van der Waals surface area contributed by atoms with Crippen molar-refractivity contribution in [3.63, 3.8) is 0 Å². The Bertz CT molecular complexity index is 2540. The number of aliphatic imine (C=N–C) groups is 3. The van der Waals surface area contributed by atoms with E-state index in [-0.39, 0.29) is 0 Å². The van der Waals surface area contributed by atoms with Gasteiger partial charge in [0, 0.05) is 54.9 Å². The first-order valence-electron chi connectivity index (χ1n) is 17.3. The van der Waals surface area contributed by atoms with Crippen LogP contribution in [0.3, 0.4) is 0 Å². The lowest BCUT2D eigenvalue weighted by molar-refractivity contribution is -0.671. The summed E-state index contributed by atoms with van der Waals surface area (Å²) >= 11 is 0. The van der Waals surface area contributed by atoms with Crippen molar-refractivity contribution in [2.24, 2.45) is 29.1 Å². The molecule has 0 saturated carbocycles. The van der Waals surface area contributed by atoms with Gasteiger partial charge in [0.05, 0.1) is 45.4 Å². The molecule has 7 nitrogen and oxygen atoms in total. The lowest BCUT2D eigenvalue weighted by atomic mass is 9.97. The zero-order valence-electron chi connectivity index (χ0n) is 29.4. The van der Waals surface area contributed by atoms with E-state index in [0.717, 1.165) is 90.3 Å².